The number of esters is 1. The fourth-order valence-corrected chi connectivity index (χ4v) is 7.13. The number of carbonyl (C=O) groups excluding carboxylic acids is 2. The van der Waals surface area contributed by atoms with E-state index < -0.39 is 0 Å². The van der Waals surface area contributed by atoms with Crippen LogP contribution in [0.5, 0.6) is 0 Å². The van der Waals surface area contributed by atoms with Crippen molar-refractivity contribution >= 4 is 11.9 Å². The van der Waals surface area contributed by atoms with E-state index in [1.807, 2.05) is 4.90 Å². The summed E-state index contributed by atoms with van der Waals surface area (Å²) >= 11 is 0. The third-order valence-electron chi connectivity index (χ3n) is 8.93. The van der Waals surface area contributed by atoms with Crippen molar-refractivity contribution in [1.29, 1.82) is 0 Å². The molecule has 7 heteroatoms. The second-order valence-corrected chi connectivity index (χ2v) is 10.7. The second-order valence-electron chi connectivity index (χ2n) is 10.7. The first-order valence-corrected chi connectivity index (χ1v) is 11.9. The Morgan fingerprint density at radius 3 is 2.74 bits per heavy atom. The minimum absolute atomic E-state index is 0.0166. The molecule has 0 aromatic carbocycles. The van der Waals surface area contributed by atoms with E-state index in [0.717, 1.165) is 39.1 Å². The molecule has 7 nitrogen and oxygen atoms in total. The second kappa shape index (κ2) is 7.07. The van der Waals surface area contributed by atoms with E-state index in [2.05, 4.69) is 11.8 Å². The molecule has 4 heterocycles. The van der Waals surface area contributed by atoms with Crippen LogP contribution in [-0.2, 0) is 14.3 Å². The van der Waals surface area contributed by atoms with Crippen LogP contribution in [0.15, 0.2) is 22.8 Å². The van der Waals surface area contributed by atoms with Gasteiger partial charge in [-0.1, -0.05) is 6.92 Å². The van der Waals surface area contributed by atoms with Crippen molar-refractivity contribution in [3.63, 3.8) is 0 Å². The molecule has 1 spiro atoms. The van der Waals surface area contributed by atoms with Crippen molar-refractivity contribution in [3.05, 3.63) is 24.2 Å². The number of nitrogens with zero attached hydrogens (tertiary/aromatic N) is 2. The number of fused-ring (bicyclic) bond motifs is 3. The van der Waals surface area contributed by atoms with Gasteiger partial charge in [-0.2, -0.15) is 0 Å². The normalized spacial score (nSPS) is 42.2. The largest absolute Gasteiger partial charge is 0.462 e. The molecule has 2 saturated carbocycles. The van der Waals surface area contributed by atoms with Crippen LogP contribution in [0, 0.1) is 23.2 Å². The summed E-state index contributed by atoms with van der Waals surface area (Å²) in [7, 11) is 0. The first kappa shape index (κ1) is 19.8. The average molecular weight is 429 g/mol. The number of furan rings is 1. The smallest absolute Gasteiger partial charge is 0.310 e. The third-order valence-corrected chi connectivity index (χ3v) is 8.93. The number of carbonyl (C=O) groups is 2. The molecule has 6 atom stereocenters. The van der Waals surface area contributed by atoms with Crippen LogP contribution in [0.2, 0.25) is 0 Å². The molecule has 1 amide bonds. The highest BCUT2D eigenvalue weighted by Crippen LogP contribution is 2.62. The molecule has 1 aromatic heterocycles. The number of ether oxygens (including phenoxy) is 2. The molecule has 1 aromatic rings. The molecule has 2 aliphatic carbocycles. The van der Waals surface area contributed by atoms with E-state index in [1.165, 1.54) is 25.5 Å². The van der Waals surface area contributed by atoms with Crippen LogP contribution >= 0.6 is 0 Å². The van der Waals surface area contributed by atoms with Gasteiger partial charge in [-0.3, -0.25) is 14.5 Å². The van der Waals surface area contributed by atoms with Crippen LogP contribution < -0.4 is 0 Å². The predicted octanol–water partition coefficient (Wildman–Crippen LogP) is 2.56. The number of hydrogen-bond donors (Lipinski definition) is 0. The Bertz CT molecular complexity index is 857. The highest BCUT2D eigenvalue weighted by Gasteiger charge is 2.65. The van der Waals surface area contributed by atoms with Gasteiger partial charge in [0.2, 0.25) is 0 Å². The minimum Gasteiger partial charge on any atom is -0.462 e. The van der Waals surface area contributed by atoms with E-state index in [1.54, 1.807) is 12.1 Å². The quantitative estimate of drug-likeness (QED) is 0.544. The van der Waals surface area contributed by atoms with Gasteiger partial charge in [-0.05, 0) is 55.6 Å². The molecule has 3 aliphatic heterocycles. The van der Waals surface area contributed by atoms with Gasteiger partial charge in [0.1, 0.15) is 6.10 Å². The molecule has 6 unspecified atom stereocenters. The maximum atomic E-state index is 12.9. The van der Waals surface area contributed by atoms with Crippen molar-refractivity contribution in [1.82, 2.24) is 9.80 Å². The first-order valence-electron chi connectivity index (χ1n) is 11.9. The molecule has 31 heavy (non-hydrogen) atoms. The zero-order valence-corrected chi connectivity index (χ0v) is 18.3. The van der Waals surface area contributed by atoms with Gasteiger partial charge in [-0.25, -0.2) is 0 Å². The number of amides is 1. The maximum Gasteiger partial charge on any atom is 0.310 e. The van der Waals surface area contributed by atoms with Gasteiger partial charge in [0.05, 0.1) is 24.4 Å². The Morgan fingerprint density at radius 2 is 2.03 bits per heavy atom. The topological polar surface area (TPSA) is 75.5 Å². The summed E-state index contributed by atoms with van der Waals surface area (Å²) in [5.41, 5.74) is 0.328. The number of epoxide rings is 1. The summed E-state index contributed by atoms with van der Waals surface area (Å²) in [5, 5.41) is 0. The number of piperazine rings is 1. The van der Waals surface area contributed by atoms with Crippen LogP contribution in [0.25, 0.3) is 0 Å². The van der Waals surface area contributed by atoms with Gasteiger partial charge in [-0.15, -0.1) is 0 Å². The molecule has 0 N–H and O–H groups in total. The molecular formula is C24H32N2O5. The minimum atomic E-state index is -0.0559. The molecule has 5 aliphatic rings. The summed E-state index contributed by atoms with van der Waals surface area (Å²) in [5.74, 6) is 1.12. The van der Waals surface area contributed by atoms with E-state index in [-0.39, 0.29) is 34.9 Å². The summed E-state index contributed by atoms with van der Waals surface area (Å²) in [6.07, 6.45) is 7.26. The van der Waals surface area contributed by atoms with Crippen LogP contribution in [0.3, 0.4) is 0 Å². The Hall–Kier alpha value is -1.86. The summed E-state index contributed by atoms with van der Waals surface area (Å²) in [4.78, 5) is 29.6. The maximum absolute atomic E-state index is 12.9. The van der Waals surface area contributed by atoms with Gasteiger partial charge in [0, 0.05) is 38.6 Å². The number of hydrogen-bond acceptors (Lipinski definition) is 6. The van der Waals surface area contributed by atoms with Crippen LogP contribution in [0.4, 0.5) is 0 Å². The highest BCUT2D eigenvalue weighted by molar-refractivity contribution is 5.91. The van der Waals surface area contributed by atoms with Crippen LogP contribution in [-0.4, -0.2) is 72.7 Å². The van der Waals surface area contributed by atoms with Gasteiger partial charge in [0.15, 0.2) is 5.76 Å². The third kappa shape index (κ3) is 3.23. The molecule has 3 saturated heterocycles. The zero-order chi connectivity index (χ0) is 21.2. The fraction of sp³-hybridized carbons (Fsp3) is 0.750. The Kier molecular flexibility index (Phi) is 4.52. The highest BCUT2D eigenvalue weighted by atomic mass is 16.6. The lowest BCUT2D eigenvalue weighted by atomic mass is 9.53. The van der Waals surface area contributed by atoms with Crippen molar-refractivity contribution in [2.75, 3.05) is 39.3 Å². The lowest BCUT2D eigenvalue weighted by molar-refractivity contribution is -0.147. The lowest BCUT2D eigenvalue weighted by Gasteiger charge is -2.51. The van der Waals surface area contributed by atoms with Crippen molar-refractivity contribution in [2.45, 2.75) is 50.7 Å². The zero-order valence-electron chi connectivity index (χ0n) is 18.3. The van der Waals surface area contributed by atoms with Crippen molar-refractivity contribution < 1.29 is 23.5 Å². The average Bonchev–Trinajstić information content (AvgIpc) is 3.19. The summed E-state index contributed by atoms with van der Waals surface area (Å²) in [6.45, 7) is 6.91. The Labute approximate surface area is 183 Å². The monoisotopic (exact) mass is 428 g/mol. The van der Waals surface area contributed by atoms with E-state index in [9.17, 15) is 9.59 Å². The molecule has 6 rings (SSSR count). The first-order chi connectivity index (χ1) is 15.0. The Balaban J connectivity index is 1.11. The number of rotatable bonds is 3. The van der Waals surface area contributed by atoms with Gasteiger partial charge >= 0.3 is 5.97 Å². The summed E-state index contributed by atoms with van der Waals surface area (Å²) in [6, 6.07) is 3.45. The molecule has 0 bridgehead atoms. The SMILES string of the molecule is CC12CCCC3(CO3)C1CC1C(C2)OC(=O)C1CN1CCN(C(=O)c2ccco2)CC1. The molecule has 5 fully saturated rings. The van der Waals surface area contributed by atoms with E-state index in [4.69, 9.17) is 13.9 Å². The summed E-state index contributed by atoms with van der Waals surface area (Å²) < 4.78 is 17.2. The fourth-order valence-electron chi connectivity index (χ4n) is 7.13. The Morgan fingerprint density at radius 1 is 1.23 bits per heavy atom. The molecular weight excluding hydrogens is 396 g/mol. The lowest BCUT2D eigenvalue weighted by Crippen LogP contribution is -2.53. The van der Waals surface area contributed by atoms with Gasteiger partial charge < -0.3 is 18.8 Å². The van der Waals surface area contributed by atoms with Gasteiger partial charge in [0.25, 0.3) is 5.91 Å². The van der Waals surface area contributed by atoms with Crippen molar-refractivity contribution in [2.24, 2.45) is 23.2 Å². The standard InChI is InChI=1S/C24H32N2O5/c1-23-5-3-6-24(15-30-24)20(23)12-16-17(22(28)31-19(16)13-23)14-25-7-9-26(10-8-25)21(27)18-4-2-11-29-18/h2,4,11,16-17,19-20H,3,5-10,12-15H2,1H3. The van der Waals surface area contributed by atoms with E-state index >= 15 is 0 Å². The van der Waals surface area contributed by atoms with E-state index in [0.29, 0.717) is 30.7 Å². The van der Waals surface area contributed by atoms with Crippen LogP contribution in [0.1, 0.15) is 49.6 Å². The molecule has 168 valence electrons. The predicted molar refractivity (Wildman–Crippen MR) is 111 cm³/mol. The molecule has 0 radical (unpaired) electrons. The van der Waals surface area contributed by atoms with Crippen molar-refractivity contribution in [3.8, 4) is 0 Å².